The van der Waals surface area contributed by atoms with Gasteiger partial charge >= 0.3 is 0 Å². The van der Waals surface area contributed by atoms with E-state index in [9.17, 15) is 4.79 Å². The van der Waals surface area contributed by atoms with Gasteiger partial charge in [0.05, 0.1) is 35.6 Å². The van der Waals surface area contributed by atoms with Crippen LogP contribution < -0.4 is 15.4 Å². The molecule has 4 rings (SSSR count). The molecule has 0 saturated carbocycles. The first-order valence-electron chi connectivity index (χ1n) is 10.3. The number of ether oxygens (including phenoxy) is 1. The van der Waals surface area contributed by atoms with E-state index in [1.54, 1.807) is 7.11 Å². The van der Waals surface area contributed by atoms with Crippen molar-refractivity contribution in [2.24, 2.45) is 0 Å². The van der Waals surface area contributed by atoms with Gasteiger partial charge in [-0.05, 0) is 38.1 Å². The Morgan fingerprint density at radius 3 is 2.64 bits per heavy atom. The summed E-state index contributed by atoms with van der Waals surface area (Å²) < 4.78 is 7.99. The molecule has 0 bridgehead atoms. The zero-order valence-corrected chi connectivity index (χ0v) is 20.2. The van der Waals surface area contributed by atoms with Gasteiger partial charge in [0, 0.05) is 12.2 Å². The lowest BCUT2D eigenvalue weighted by molar-refractivity contribution is -0.115. The van der Waals surface area contributed by atoms with Gasteiger partial charge in [0.15, 0.2) is 4.34 Å². The number of anilines is 3. The number of carbonyl (C=O) groups excluding carboxylic acids is 1. The van der Waals surface area contributed by atoms with Crippen molar-refractivity contribution in [3.63, 3.8) is 0 Å². The normalized spacial score (nSPS) is 10.8. The number of nitrogens with one attached hydrogen (secondary N) is 2. The molecule has 0 spiro atoms. The van der Waals surface area contributed by atoms with Crippen molar-refractivity contribution in [3.8, 4) is 11.4 Å². The zero-order chi connectivity index (χ0) is 23.2. The maximum atomic E-state index is 12.5. The number of carbonyl (C=O) groups is 1. The van der Waals surface area contributed by atoms with E-state index in [-0.39, 0.29) is 5.91 Å². The van der Waals surface area contributed by atoms with Crippen LogP contribution in [0.5, 0.6) is 5.75 Å². The lowest BCUT2D eigenvalue weighted by Gasteiger charge is -2.07. The van der Waals surface area contributed by atoms with Gasteiger partial charge in [0.2, 0.25) is 11.0 Å². The van der Waals surface area contributed by atoms with E-state index in [0.717, 1.165) is 38.5 Å². The first-order chi connectivity index (χ1) is 16.0. The van der Waals surface area contributed by atoms with Gasteiger partial charge < -0.3 is 15.4 Å². The molecule has 1 amide bonds. The Balaban J connectivity index is 1.30. The molecule has 2 heterocycles. The standard InChI is InChI=1S/C23H24N6O2S2/c1-15-21(16(2)29(28-15)17-9-5-4-6-10-17)25-20(30)13-14-32-23-27-26-22(33-23)24-18-11-7-8-12-19(18)31-3/h4-12H,13-14H2,1-3H3,(H,24,26)(H,25,30). The molecule has 0 aliphatic carbocycles. The summed E-state index contributed by atoms with van der Waals surface area (Å²) in [5.74, 6) is 1.28. The molecule has 0 saturated heterocycles. The lowest BCUT2D eigenvalue weighted by atomic mass is 10.3. The van der Waals surface area contributed by atoms with Crippen molar-refractivity contribution in [1.82, 2.24) is 20.0 Å². The molecule has 0 aliphatic rings. The third-order valence-corrected chi connectivity index (χ3v) is 6.84. The topological polar surface area (TPSA) is 94.0 Å². The highest BCUT2D eigenvalue weighted by Crippen LogP contribution is 2.31. The number of aromatic nitrogens is 4. The number of rotatable bonds is 9. The van der Waals surface area contributed by atoms with Crippen LogP contribution in [0.15, 0.2) is 58.9 Å². The Morgan fingerprint density at radius 2 is 1.85 bits per heavy atom. The molecule has 4 aromatic rings. The molecule has 0 aliphatic heterocycles. The van der Waals surface area contributed by atoms with Crippen molar-refractivity contribution in [2.45, 2.75) is 24.6 Å². The van der Waals surface area contributed by atoms with Gasteiger partial charge in [-0.1, -0.05) is 53.4 Å². The zero-order valence-electron chi connectivity index (χ0n) is 18.5. The minimum absolute atomic E-state index is 0.0572. The number of benzene rings is 2. The number of hydrogen-bond donors (Lipinski definition) is 2. The monoisotopic (exact) mass is 480 g/mol. The van der Waals surface area contributed by atoms with E-state index in [1.165, 1.54) is 23.1 Å². The minimum Gasteiger partial charge on any atom is -0.495 e. The summed E-state index contributed by atoms with van der Waals surface area (Å²) in [7, 11) is 1.63. The van der Waals surface area contributed by atoms with E-state index >= 15 is 0 Å². The molecule has 0 atom stereocenters. The van der Waals surface area contributed by atoms with E-state index in [0.29, 0.717) is 17.3 Å². The quantitative estimate of drug-likeness (QED) is 0.317. The Hall–Kier alpha value is -3.37. The van der Waals surface area contributed by atoms with Crippen molar-refractivity contribution >= 4 is 45.5 Å². The molecule has 0 radical (unpaired) electrons. The van der Waals surface area contributed by atoms with E-state index in [1.807, 2.05) is 73.1 Å². The van der Waals surface area contributed by atoms with Crippen LogP contribution in [0.4, 0.5) is 16.5 Å². The Kier molecular flexibility index (Phi) is 7.26. The van der Waals surface area contributed by atoms with Crippen molar-refractivity contribution in [2.75, 3.05) is 23.5 Å². The summed E-state index contributed by atoms with van der Waals surface area (Å²) in [4.78, 5) is 12.5. The van der Waals surface area contributed by atoms with E-state index < -0.39 is 0 Å². The molecule has 170 valence electrons. The number of amides is 1. The molecule has 33 heavy (non-hydrogen) atoms. The van der Waals surface area contributed by atoms with Gasteiger partial charge in [-0.15, -0.1) is 10.2 Å². The summed E-state index contributed by atoms with van der Waals surface area (Å²) in [6, 6.07) is 17.5. The molecule has 10 heteroatoms. The first kappa shape index (κ1) is 22.8. The highest BCUT2D eigenvalue weighted by atomic mass is 32.2. The number of thioether (sulfide) groups is 1. The van der Waals surface area contributed by atoms with Gasteiger partial charge in [-0.3, -0.25) is 4.79 Å². The third-order valence-electron chi connectivity index (χ3n) is 4.87. The number of hydrogen-bond acceptors (Lipinski definition) is 8. The molecular formula is C23H24N6O2S2. The lowest BCUT2D eigenvalue weighted by Crippen LogP contribution is -2.13. The molecule has 2 aromatic carbocycles. The average molecular weight is 481 g/mol. The Morgan fingerprint density at radius 1 is 1.09 bits per heavy atom. The van der Waals surface area contributed by atoms with Gasteiger partial charge in [0.1, 0.15) is 5.75 Å². The fraction of sp³-hybridized carbons (Fsp3) is 0.217. The molecule has 0 unspecified atom stereocenters. The fourth-order valence-corrected chi connectivity index (χ4v) is 5.03. The van der Waals surface area contributed by atoms with Crippen molar-refractivity contribution in [3.05, 3.63) is 66.0 Å². The van der Waals surface area contributed by atoms with E-state index in [4.69, 9.17) is 4.74 Å². The van der Waals surface area contributed by atoms with Gasteiger partial charge in [0.25, 0.3) is 0 Å². The number of methoxy groups -OCH3 is 1. The molecule has 2 N–H and O–H groups in total. The van der Waals surface area contributed by atoms with Crippen LogP contribution >= 0.6 is 23.1 Å². The second kappa shape index (κ2) is 10.5. The van der Waals surface area contributed by atoms with Crippen LogP contribution in [0.1, 0.15) is 17.8 Å². The highest BCUT2D eigenvalue weighted by molar-refractivity contribution is 8.01. The van der Waals surface area contributed by atoms with Gasteiger partial charge in [-0.25, -0.2) is 4.68 Å². The maximum Gasteiger partial charge on any atom is 0.225 e. The SMILES string of the molecule is COc1ccccc1Nc1nnc(SCCC(=O)Nc2c(C)nn(-c3ccccc3)c2C)s1. The summed E-state index contributed by atoms with van der Waals surface area (Å²) in [5.41, 5.74) is 4.23. The summed E-state index contributed by atoms with van der Waals surface area (Å²) >= 11 is 2.94. The third kappa shape index (κ3) is 5.52. The first-order valence-corrected chi connectivity index (χ1v) is 12.1. The smallest absolute Gasteiger partial charge is 0.225 e. The van der Waals surface area contributed by atoms with Crippen LogP contribution in [0.25, 0.3) is 5.69 Å². The van der Waals surface area contributed by atoms with E-state index in [2.05, 4.69) is 25.9 Å². The van der Waals surface area contributed by atoms with Crippen LogP contribution in [0.3, 0.4) is 0 Å². The number of para-hydroxylation sites is 3. The molecular weight excluding hydrogens is 456 g/mol. The summed E-state index contributed by atoms with van der Waals surface area (Å²) in [6.45, 7) is 3.85. The second-order valence-electron chi connectivity index (χ2n) is 7.14. The highest BCUT2D eigenvalue weighted by Gasteiger charge is 2.15. The maximum absolute atomic E-state index is 12.5. The Bertz CT molecular complexity index is 1240. The van der Waals surface area contributed by atoms with Gasteiger partial charge in [-0.2, -0.15) is 5.10 Å². The summed E-state index contributed by atoms with van der Waals surface area (Å²) in [5, 5.41) is 19.9. The Labute approximate surface area is 200 Å². The summed E-state index contributed by atoms with van der Waals surface area (Å²) in [6.07, 6.45) is 0.356. The predicted molar refractivity (Wildman–Crippen MR) is 133 cm³/mol. The number of aryl methyl sites for hydroxylation is 1. The molecule has 2 aromatic heterocycles. The predicted octanol–water partition coefficient (Wildman–Crippen LogP) is 5.21. The van der Waals surface area contributed by atoms with Crippen LogP contribution in [0, 0.1) is 13.8 Å². The largest absolute Gasteiger partial charge is 0.495 e. The molecule has 0 fully saturated rings. The average Bonchev–Trinajstić information content (AvgIpc) is 3.39. The number of nitrogens with zero attached hydrogens (tertiary/aromatic N) is 4. The van der Waals surface area contributed by atoms with Crippen LogP contribution in [0.2, 0.25) is 0 Å². The fourth-order valence-electron chi connectivity index (χ4n) is 3.26. The van der Waals surface area contributed by atoms with Crippen LogP contribution in [-0.2, 0) is 4.79 Å². The minimum atomic E-state index is -0.0572. The molecule has 8 nitrogen and oxygen atoms in total. The van der Waals surface area contributed by atoms with Crippen LogP contribution in [-0.4, -0.2) is 38.7 Å². The second-order valence-corrected chi connectivity index (χ2v) is 9.46. The van der Waals surface area contributed by atoms with Crippen molar-refractivity contribution < 1.29 is 9.53 Å². The van der Waals surface area contributed by atoms with Crippen molar-refractivity contribution in [1.29, 1.82) is 0 Å².